The lowest BCUT2D eigenvalue weighted by molar-refractivity contribution is 0.263. The van der Waals surface area contributed by atoms with Gasteiger partial charge < -0.3 is 5.73 Å². The van der Waals surface area contributed by atoms with Crippen LogP contribution in [0.5, 0.6) is 0 Å². The van der Waals surface area contributed by atoms with Gasteiger partial charge in [-0.15, -0.1) is 0 Å². The van der Waals surface area contributed by atoms with Crippen LogP contribution in [0.15, 0.2) is 4.99 Å². The molecular weight excluding hydrogens is 184 g/mol. The van der Waals surface area contributed by atoms with E-state index < -0.39 is 0 Å². The lowest BCUT2D eigenvalue weighted by atomic mass is 9.80. The monoisotopic (exact) mass is 210 g/mol. The van der Waals surface area contributed by atoms with Crippen LogP contribution in [-0.4, -0.2) is 12.4 Å². The van der Waals surface area contributed by atoms with Crippen LogP contribution in [0.2, 0.25) is 0 Å². The molecule has 88 valence electrons. The Kier molecular flexibility index (Phi) is 4.18. The molecule has 0 aromatic heterocycles. The van der Waals surface area contributed by atoms with E-state index in [1.54, 1.807) is 0 Å². The molecule has 2 N–H and O–H groups in total. The summed E-state index contributed by atoms with van der Waals surface area (Å²) in [5.74, 6) is 2.40. The summed E-state index contributed by atoms with van der Waals surface area (Å²) >= 11 is 0. The van der Waals surface area contributed by atoms with Crippen LogP contribution in [0.4, 0.5) is 0 Å². The first-order valence-corrected chi connectivity index (χ1v) is 6.21. The van der Waals surface area contributed by atoms with Gasteiger partial charge in [0.25, 0.3) is 0 Å². The van der Waals surface area contributed by atoms with Crippen molar-refractivity contribution in [2.45, 2.75) is 53.4 Å². The molecule has 0 saturated heterocycles. The number of rotatable bonds is 2. The summed E-state index contributed by atoms with van der Waals surface area (Å²) in [6.07, 6.45) is 5.48. The Hall–Kier alpha value is -0.530. The first-order valence-electron chi connectivity index (χ1n) is 6.21. The van der Waals surface area contributed by atoms with Crippen molar-refractivity contribution < 1.29 is 0 Å². The Labute approximate surface area is 94.3 Å². The van der Waals surface area contributed by atoms with Gasteiger partial charge in [-0.05, 0) is 18.3 Å². The molecule has 0 heterocycles. The van der Waals surface area contributed by atoms with Gasteiger partial charge in [-0.1, -0.05) is 47.0 Å². The van der Waals surface area contributed by atoms with Crippen LogP contribution in [-0.2, 0) is 0 Å². The summed E-state index contributed by atoms with van der Waals surface area (Å²) in [6, 6.07) is 0. The second-order valence-corrected chi connectivity index (χ2v) is 6.00. The molecule has 2 heteroatoms. The highest BCUT2D eigenvalue weighted by Crippen LogP contribution is 2.29. The Bertz CT molecular complexity index is 225. The minimum atomic E-state index is 0.0257. The van der Waals surface area contributed by atoms with Crippen molar-refractivity contribution in [3.63, 3.8) is 0 Å². The Morgan fingerprint density at radius 1 is 1.27 bits per heavy atom. The summed E-state index contributed by atoms with van der Waals surface area (Å²) in [5, 5.41) is 0. The van der Waals surface area contributed by atoms with E-state index in [0.29, 0.717) is 0 Å². The highest BCUT2D eigenvalue weighted by Gasteiger charge is 2.22. The highest BCUT2D eigenvalue weighted by atomic mass is 14.9. The van der Waals surface area contributed by atoms with Gasteiger partial charge in [0.05, 0.1) is 5.84 Å². The van der Waals surface area contributed by atoms with Crippen molar-refractivity contribution in [1.82, 2.24) is 0 Å². The molecule has 0 amide bonds. The maximum Gasteiger partial charge on any atom is 0.0991 e. The van der Waals surface area contributed by atoms with Crippen LogP contribution >= 0.6 is 0 Å². The van der Waals surface area contributed by atoms with E-state index in [2.05, 4.69) is 32.7 Å². The number of amidine groups is 1. The summed E-state index contributed by atoms with van der Waals surface area (Å²) in [7, 11) is 0. The van der Waals surface area contributed by atoms with Crippen molar-refractivity contribution in [3.8, 4) is 0 Å². The average molecular weight is 210 g/mol. The lowest BCUT2D eigenvalue weighted by Gasteiger charge is -2.28. The molecule has 0 aliphatic heterocycles. The number of hydrogen-bond acceptors (Lipinski definition) is 1. The van der Waals surface area contributed by atoms with Crippen LogP contribution in [0.3, 0.4) is 0 Å². The molecule has 1 rings (SSSR count). The van der Waals surface area contributed by atoms with Gasteiger partial charge >= 0.3 is 0 Å². The fraction of sp³-hybridized carbons (Fsp3) is 0.923. The topological polar surface area (TPSA) is 38.4 Å². The molecule has 1 aliphatic carbocycles. The zero-order valence-corrected chi connectivity index (χ0v) is 10.7. The predicted octanol–water partition coefficient (Wildman–Crippen LogP) is 3.22. The second-order valence-electron chi connectivity index (χ2n) is 6.00. The van der Waals surface area contributed by atoms with Gasteiger partial charge in [0.15, 0.2) is 0 Å². The summed E-state index contributed by atoms with van der Waals surface area (Å²) in [4.78, 5) is 4.56. The number of hydrogen-bond donors (Lipinski definition) is 1. The van der Waals surface area contributed by atoms with E-state index in [9.17, 15) is 0 Å². The molecule has 2 atom stereocenters. The van der Waals surface area contributed by atoms with Crippen molar-refractivity contribution in [3.05, 3.63) is 0 Å². The molecule has 0 aromatic carbocycles. The SMILES string of the molecule is CC1CCCCC1CN=C(N)C(C)(C)C. The molecule has 0 bridgehead atoms. The van der Waals surface area contributed by atoms with Gasteiger partial charge in [0.1, 0.15) is 0 Å². The number of aliphatic imine (C=N–C) groups is 1. The molecule has 0 spiro atoms. The van der Waals surface area contributed by atoms with Crippen molar-refractivity contribution >= 4 is 5.84 Å². The molecule has 1 fully saturated rings. The van der Waals surface area contributed by atoms with Gasteiger partial charge in [-0.2, -0.15) is 0 Å². The number of nitrogens with two attached hydrogens (primary N) is 1. The third kappa shape index (κ3) is 3.84. The molecule has 0 radical (unpaired) electrons. The maximum atomic E-state index is 5.96. The third-order valence-electron chi connectivity index (χ3n) is 3.55. The van der Waals surface area contributed by atoms with Crippen molar-refractivity contribution in [2.24, 2.45) is 28.0 Å². The predicted molar refractivity (Wildman–Crippen MR) is 67.1 cm³/mol. The number of nitrogens with zero attached hydrogens (tertiary/aromatic N) is 1. The smallest absolute Gasteiger partial charge is 0.0991 e. The Morgan fingerprint density at radius 3 is 2.40 bits per heavy atom. The van der Waals surface area contributed by atoms with E-state index in [4.69, 9.17) is 5.73 Å². The van der Waals surface area contributed by atoms with E-state index in [1.165, 1.54) is 25.7 Å². The van der Waals surface area contributed by atoms with Crippen molar-refractivity contribution in [1.29, 1.82) is 0 Å². The van der Waals surface area contributed by atoms with Gasteiger partial charge in [-0.25, -0.2) is 0 Å². The molecule has 1 saturated carbocycles. The van der Waals surface area contributed by atoms with E-state index in [-0.39, 0.29) is 5.41 Å². The van der Waals surface area contributed by atoms with E-state index >= 15 is 0 Å². The average Bonchev–Trinajstić information content (AvgIpc) is 2.14. The maximum absolute atomic E-state index is 5.96. The fourth-order valence-electron chi connectivity index (χ4n) is 2.12. The highest BCUT2D eigenvalue weighted by molar-refractivity contribution is 5.85. The molecule has 0 aromatic rings. The Balaban J connectivity index is 2.47. The first kappa shape index (κ1) is 12.5. The minimum absolute atomic E-state index is 0.0257. The molecule has 2 unspecified atom stereocenters. The molecule has 1 aliphatic rings. The molecule has 15 heavy (non-hydrogen) atoms. The zero-order valence-electron chi connectivity index (χ0n) is 10.7. The normalized spacial score (nSPS) is 29.2. The molecule has 2 nitrogen and oxygen atoms in total. The van der Waals surface area contributed by atoms with Crippen LogP contribution in [0, 0.1) is 17.3 Å². The largest absolute Gasteiger partial charge is 0.387 e. The third-order valence-corrected chi connectivity index (χ3v) is 3.55. The lowest BCUT2D eigenvalue weighted by Crippen LogP contribution is -2.30. The zero-order chi connectivity index (χ0) is 11.5. The standard InChI is InChI=1S/C13H26N2/c1-10-7-5-6-8-11(10)9-15-12(14)13(2,3)4/h10-11H,5-9H2,1-4H3,(H2,14,15). The Morgan fingerprint density at radius 2 is 1.87 bits per heavy atom. The second kappa shape index (κ2) is 5.00. The van der Waals surface area contributed by atoms with E-state index in [0.717, 1.165) is 24.2 Å². The van der Waals surface area contributed by atoms with Crippen LogP contribution in [0.25, 0.3) is 0 Å². The quantitative estimate of drug-likeness (QED) is 0.551. The van der Waals surface area contributed by atoms with Crippen LogP contribution < -0.4 is 5.73 Å². The van der Waals surface area contributed by atoms with Gasteiger partial charge in [0.2, 0.25) is 0 Å². The molecular formula is C13H26N2. The van der Waals surface area contributed by atoms with Gasteiger partial charge in [0, 0.05) is 12.0 Å². The summed E-state index contributed by atoms with van der Waals surface area (Å²) < 4.78 is 0. The fourth-order valence-corrected chi connectivity index (χ4v) is 2.12. The van der Waals surface area contributed by atoms with E-state index in [1.807, 2.05) is 0 Å². The van der Waals surface area contributed by atoms with Crippen molar-refractivity contribution in [2.75, 3.05) is 6.54 Å². The van der Waals surface area contributed by atoms with Crippen LogP contribution in [0.1, 0.15) is 53.4 Å². The van der Waals surface area contributed by atoms with Gasteiger partial charge in [-0.3, -0.25) is 4.99 Å². The first-order chi connectivity index (χ1) is 6.91. The summed E-state index contributed by atoms with van der Waals surface area (Å²) in [5.41, 5.74) is 5.99. The minimum Gasteiger partial charge on any atom is -0.387 e. The summed E-state index contributed by atoms with van der Waals surface area (Å²) in [6.45, 7) is 9.65.